The molecule has 1 aromatic heterocycles. The maximum Gasteiger partial charge on any atom is 0.0951 e. The summed E-state index contributed by atoms with van der Waals surface area (Å²) in [5.74, 6) is 0. The Balaban J connectivity index is 2.73. The van der Waals surface area contributed by atoms with Crippen LogP contribution in [0.3, 0.4) is 0 Å². The van der Waals surface area contributed by atoms with Gasteiger partial charge in [0, 0.05) is 13.7 Å². The molecule has 0 amide bonds. The molecule has 0 aliphatic rings. The molecule has 0 aliphatic carbocycles. The summed E-state index contributed by atoms with van der Waals surface area (Å²) in [6.07, 6.45) is 0.0394. The summed E-state index contributed by atoms with van der Waals surface area (Å²) in [5, 5.41) is 2.05. The lowest BCUT2D eigenvalue weighted by Crippen LogP contribution is -2.13. The fourth-order valence-electron chi connectivity index (χ4n) is 0.861. The lowest BCUT2D eigenvalue weighted by molar-refractivity contribution is 0.111. The summed E-state index contributed by atoms with van der Waals surface area (Å²) in [7, 11) is 1.67. The fourth-order valence-corrected chi connectivity index (χ4v) is 2.08. The Hall–Kier alpha value is 0.100. The van der Waals surface area contributed by atoms with Crippen molar-refractivity contribution in [2.45, 2.75) is 6.10 Å². The number of rotatable bonds is 3. The fraction of sp³-hybridized carbons (Fsp3) is 0.429. The van der Waals surface area contributed by atoms with Gasteiger partial charge in [0.15, 0.2) is 0 Å². The molecule has 4 heteroatoms. The van der Waals surface area contributed by atoms with Gasteiger partial charge in [-0.25, -0.2) is 0 Å². The Morgan fingerprint density at radius 3 is 2.91 bits per heavy atom. The van der Waals surface area contributed by atoms with Crippen molar-refractivity contribution in [1.82, 2.24) is 0 Å². The van der Waals surface area contributed by atoms with Gasteiger partial charge in [0.2, 0.25) is 0 Å². The zero-order valence-corrected chi connectivity index (χ0v) is 8.61. The van der Waals surface area contributed by atoms with E-state index in [9.17, 15) is 0 Å². The van der Waals surface area contributed by atoms with Crippen LogP contribution in [-0.2, 0) is 4.74 Å². The zero-order chi connectivity index (χ0) is 8.27. The molecule has 0 saturated carbocycles. The van der Waals surface area contributed by atoms with E-state index in [0.29, 0.717) is 6.54 Å². The molecule has 1 unspecified atom stereocenters. The van der Waals surface area contributed by atoms with Crippen LogP contribution in [-0.4, -0.2) is 13.7 Å². The largest absolute Gasteiger partial charge is 0.375 e. The van der Waals surface area contributed by atoms with E-state index in [4.69, 9.17) is 10.5 Å². The van der Waals surface area contributed by atoms with Gasteiger partial charge < -0.3 is 10.5 Å². The van der Waals surface area contributed by atoms with Gasteiger partial charge >= 0.3 is 0 Å². The van der Waals surface area contributed by atoms with Crippen molar-refractivity contribution >= 4 is 27.3 Å². The Bertz CT molecular complexity index is 222. The molecule has 1 rings (SSSR count). The van der Waals surface area contributed by atoms with Crippen molar-refractivity contribution in [2.24, 2.45) is 5.73 Å². The zero-order valence-electron chi connectivity index (χ0n) is 6.21. The van der Waals surface area contributed by atoms with Crippen molar-refractivity contribution in [2.75, 3.05) is 13.7 Å². The van der Waals surface area contributed by atoms with Crippen molar-refractivity contribution in [3.63, 3.8) is 0 Å². The van der Waals surface area contributed by atoms with Gasteiger partial charge in [-0.15, -0.1) is 11.3 Å². The van der Waals surface area contributed by atoms with Crippen LogP contribution < -0.4 is 5.73 Å². The van der Waals surface area contributed by atoms with Gasteiger partial charge in [-0.3, -0.25) is 0 Å². The molecule has 1 aromatic rings. The molecule has 0 saturated heterocycles. The number of thiophene rings is 1. The minimum absolute atomic E-state index is 0.0394. The topological polar surface area (TPSA) is 35.2 Å². The van der Waals surface area contributed by atoms with Crippen LogP contribution in [0.25, 0.3) is 0 Å². The highest BCUT2D eigenvalue weighted by molar-refractivity contribution is 9.11. The summed E-state index contributed by atoms with van der Waals surface area (Å²) in [5.41, 5.74) is 6.63. The van der Waals surface area contributed by atoms with Gasteiger partial charge in [0.25, 0.3) is 0 Å². The maximum absolute atomic E-state index is 5.49. The molecular formula is C7H10BrNOS. The third-order valence-electron chi connectivity index (χ3n) is 1.46. The van der Waals surface area contributed by atoms with Crippen molar-refractivity contribution in [3.8, 4) is 0 Å². The Morgan fingerprint density at radius 2 is 2.55 bits per heavy atom. The molecule has 2 nitrogen and oxygen atoms in total. The first kappa shape index (κ1) is 9.19. The number of halogens is 1. The summed E-state index contributed by atoms with van der Waals surface area (Å²) in [4.78, 5) is 0. The predicted octanol–water partition coefficient (Wildman–Crippen LogP) is 2.16. The van der Waals surface area contributed by atoms with Crippen LogP contribution in [0.15, 0.2) is 15.2 Å². The predicted molar refractivity (Wildman–Crippen MR) is 50.8 cm³/mol. The Kier molecular flexibility index (Phi) is 3.51. The highest BCUT2D eigenvalue weighted by Crippen LogP contribution is 2.26. The van der Waals surface area contributed by atoms with E-state index >= 15 is 0 Å². The van der Waals surface area contributed by atoms with Crippen molar-refractivity contribution < 1.29 is 4.74 Å². The smallest absolute Gasteiger partial charge is 0.0951 e. The van der Waals surface area contributed by atoms with E-state index in [1.807, 2.05) is 11.4 Å². The molecule has 0 radical (unpaired) electrons. The Labute approximate surface area is 78.5 Å². The van der Waals surface area contributed by atoms with Crippen LogP contribution in [0.5, 0.6) is 0 Å². The second-order valence-electron chi connectivity index (χ2n) is 2.14. The lowest BCUT2D eigenvalue weighted by Gasteiger charge is -2.09. The van der Waals surface area contributed by atoms with Crippen LogP contribution in [0.1, 0.15) is 11.7 Å². The molecule has 1 heterocycles. The summed E-state index contributed by atoms with van der Waals surface area (Å²) in [6, 6.07) is 2.03. The van der Waals surface area contributed by atoms with Gasteiger partial charge in [-0.2, -0.15) is 0 Å². The van der Waals surface area contributed by atoms with Gasteiger partial charge in [0.05, 0.1) is 9.89 Å². The monoisotopic (exact) mass is 235 g/mol. The van der Waals surface area contributed by atoms with Gasteiger partial charge in [-0.05, 0) is 32.9 Å². The quantitative estimate of drug-likeness (QED) is 0.872. The first-order chi connectivity index (χ1) is 5.27. The molecule has 0 fully saturated rings. The SMILES string of the molecule is COC(CN)c1csc(Br)c1. The van der Waals surface area contributed by atoms with E-state index in [0.717, 1.165) is 9.35 Å². The average molecular weight is 236 g/mol. The van der Waals surface area contributed by atoms with E-state index in [1.165, 1.54) is 0 Å². The van der Waals surface area contributed by atoms with E-state index < -0.39 is 0 Å². The number of hydrogen-bond donors (Lipinski definition) is 1. The van der Waals surface area contributed by atoms with Crippen molar-refractivity contribution in [1.29, 1.82) is 0 Å². The summed E-state index contributed by atoms with van der Waals surface area (Å²) >= 11 is 5.03. The third kappa shape index (κ3) is 2.27. The second-order valence-corrected chi connectivity index (χ2v) is 4.43. The molecule has 62 valence electrons. The number of methoxy groups -OCH3 is 1. The van der Waals surface area contributed by atoms with E-state index in [1.54, 1.807) is 18.4 Å². The van der Waals surface area contributed by atoms with E-state index in [2.05, 4.69) is 15.9 Å². The molecular weight excluding hydrogens is 226 g/mol. The standard InChI is InChI=1S/C7H10BrNOS/c1-10-6(3-9)5-2-7(8)11-4-5/h2,4,6H,3,9H2,1H3. The average Bonchev–Trinajstić information content (AvgIpc) is 2.39. The van der Waals surface area contributed by atoms with Crippen LogP contribution in [0.2, 0.25) is 0 Å². The van der Waals surface area contributed by atoms with E-state index in [-0.39, 0.29) is 6.10 Å². The highest BCUT2D eigenvalue weighted by atomic mass is 79.9. The summed E-state index contributed by atoms with van der Waals surface area (Å²) in [6.45, 7) is 0.527. The number of ether oxygens (including phenoxy) is 1. The number of nitrogens with two attached hydrogens (primary N) is 1. The second kappa shape index (κ2) is 4.21. The molecule has 11 heavy (non-hydrogen) atoms. The van der Waals surface area contributed by atoms with Crippen LogP contribution in [0.4, 0.5) is 0 Å². The van der Waals surface area contributed by atoms with Crippen LogP contribution >= 0.6 is 27.3 Å². The third-order valence-corrected chi connectivity index (χ3v) is 2.98. The van der Waals surface area contributed by atoms with Crippen molar-refractivity contribution in [3.05, 3.63) is 20.8 Å². The minimum Gasteiger partial charge on any atom is -0.375 e. The molecule has 2 N–H and O–H groups in total. The normalized spacial score (nSPS) is 13.4. The van der Waals surface area contributed by atoms with Crippen LogP contribution in [0, 0.1) is 0 Å². The maximum atomic E-state index is 5.49. The van der Waals surface area contributed by atoms with Gasteiger partial charge in [0.1, 0.15) is 0 Å². The van der Waals surface area contributed by atoms with Gasteiger partial charge in [-0.1, -0.05) is 0 Å². The first-order valence-corrected chi connectivity index (χ1v) is 4.92. The molecule has 0 spiro atoms. The highest BCUT2D eigenvalue weighted by Gasteiger charge is 2.08. The Morgan fingerprint density at radius 1 is 1.82 bits per heavy atom. The minimum atomic E-state index is 0.0394. The first-order valence-electron chi connectivity index (χ1n) is 3.24. The molecule has 0 aromatic carbocycles. The lowest BCUT2D eigenvalue weighted by atomic mass is 10.2. The molecule has 0 aliphatic heterocycles. The summed E-state index contributed by atoms with van der Waals surface area (Å²) < 4.78 is 6.27. The molecule has 0 bridgehead atoms. The molecule has 1 atom stereocenters. The number of hydrogen-bond acceptors (Lipinski definition) is 3.